The third-order valence-electron chi connectivity index (χ3n) is 5.02. The Bertz CT molecular complexity index is 1210. The number of nitrogens with one attached hydrogen (secondary N) is 2. The number of aromatic nitrogens is 4. The second kappa shape index (κ2) is 7.31. The lowest BCUT2D eigenvalue weighted by Crippen LogP contribution is -2.17. The van der Waals surface area contributed by atoms with Crippen molar-refractivity contribution in [3.8, 4) is 11.4 Å². The first-order chi connectivity index (χ1) is 13.5. The van der Waals surface area contributed by atoms with Crippen LogP contribution in [0.15, 0.2) is 53.3 Å². The first-order valence-corrected chi connectivity index (χ1v) is 9.43. The molecule has 0 unspecified atom stereocenters. The van der Waals surface area contributed by atoms with Crippen molar-refractivity contribution in [2.75, 3.05) is 5.32 Å². The predicted octanol–water partition coefficient (Wildman–Crippen LogP) is 3.88. The molecule has 142 valence electrons. The van der Waals surface area contributed by atoms with Crippen molar-refractivity contribution in [1.82, 2.24) is 19.6 Å². The van der Waals surface area contributed by atoms with Gasteiger partial charge in [0.1, 0.15) is 0 Å². The minimum absolute atomic E-state index is 0.173. The number of fused-ring (bicyclic) bond motifs is 1. The highest BCUT2D eigenvalue weighted by molar-refractivity contribution is 5.59. The zero-order valence-electron chi connectivity index (χ0n) is 16.3. The molecule has 0 saturated carbocycles. The Balaban J connectivity index is 1.64. The predicted molar refractivity (Wildman–Crippen MR) is 112 cm³/mol. The van der Waals surface area contributed by atoms with Crippen molar-refractivity contribution in [3.05, 3.63) is 81.3 Å². The second-order valence-electron chi connectivity index (χ2n) is 6.96. The summed E-state index contributed by atoms with van der Waals surface area (Å²) in [6.45, 7) is 6.72. The molecule has 0 atom stereocenters. The van der Waals surface area contributed by atoms with Crippen LogP contribution in [0.1, 0.15) is 29.3 Å². The van der Waals surface area contributed by atoms with Gasteiger partial charge in [-0.15, -0.1) is 0 Å². The number of hydrogen-bond acceptors (Lipinski definition) is 4. The highest BCUT2D eigenvalue weighted by atomic mass is 16.1. The molecule has 0 saturated heterocycles. The molecule has 2 heterocycles. The number of H-pyrrole nitrogens is 1. The molecule has 0 fully saturated rings. The van der Waals surface area contributed by atoms with Gasteiger partial charge in [0.2, 0.25) is 0 Å². The largest absolute Gasteiger partial charge is 0.379 e. The SMILES string of the molecule is CCc1ccccc1NCc1cc(=O)n2[nH]c(-c3ccc(C)c(C)c3)nc2n1. The van der Waals surface area contributed by atoms with E-state index in [1.807, 2.05) is 24.3 Å². The fourth-order valence-electron chi connectivity index (χ4n) is 3.22. The van der Waals surface area contributed by atoms with Gasteiger partial charge in [-0.2, -0.15) is 9.50 Å². The molecule has 2 aromatic heterocycles. The van der Waals surface area contributed by atoms with Crippen LogP contribution in [0.2, 0.25) is 0 Å². The van der Waals surface area contributed by atoms with Crippen molar-refractivity contribution in [3.63, 3.8) is 0 Å². The Kier molecular flexibility index (Phi) is 4.69. The maximum atomic E-state index is 12.5. The number of aromatic amines is 1. The summed E-state index contributed by atoms with van der Waals surface area (Å²) in [4.78, 5) is 21.6. The first kappa shape index (κ1) is 18.0. The maximum Gasteiger partial charge on any atom is 0.274 e. The molecule has 28 heavy (non-hydrogen) atoms. The Morgan fingerprint density at radius 2 is 1.86 bits per heavy atom. The van der Waals surface area contributed by atoms with Crippen LogP contribution in [0, 0.1) is 13.8 Å². The average molecular weight is 373 g/mol. The third-order valence-corrected chi connectivity index (χ3v) is 5.02. The van der Waals surface area contributed by atoms with E-state index in [9.17, 15) is 4.79 Å². The van der Waals surface area contributed by atoms with E-state index in [0.717, 1.165) is 17.7 Å². The first-order valence-electron chi connectivity index (χ1n) is 9.43. The lowest BCUT2D eigenvalue weighted by atomic mass is 10.1. The van der Waals surface area contributed by atoms with Gasteiger partial charge >= 0.3 is 0 Å². The van der Waals surface area contributed by atoms with Gasteiger partial charge in [-0.25, -0.2) is 4.98 Å². The van der Waals surface area contributed by atoms with Gasteiger partial charge in [0, 0.05) is 17.3 Å². The molecule has 4 rings (SSSR count). The summed E-state index contributed by atoms with van der Waals surface area (Å²) in [6, 6.07) is 15.8. The molecule has 2 aromatic carbocycles. The van der Waals surface area contributed by atoms with Crippen molar-refractivity contribution < 1.29 is 0 Å². The van der Waals surface area contributed by atoms with Gasteiger partial charge < -0.3 is 5.32 Å². The summed E-state index contributed by atoms with van der Waals surface area (Å²) in [5.41, 5.74) is 6.11. The van der Waals surface area contributed by atoms with Crippen molar-refractivity contribution in [1.29, 1.82) is 0 Å². The summed E-state index contributed by atoms with van der Waals surface area (Å²) in [6.07, 6.45) is 0.941. The van der Waals surface area contributed by atoms with Gasteiger partial charge in [0.25, 0.3) is 11.3 Å². The van der Waals surface area contributed by atoms with E-state index in [1.165, 1.54) is 27.3 Å². The summed E-state index contributed by atoms with van der Waals surface area (Å²) < 4.78 is 1.38. The van der Waals surface area contributed by atoms with E-state index >= 15 is 0 Å². The lowest BCUT2D eigenvalue weighted by Gasteiger charge is -2.10. The topological polar surface area (TPSA) is 75.1 Å². The van der Waals surface area contributed by atoms with Crippen molar-refractivity contribution >= 4 is 11.5 Å². The number of anilines is 1. The summed E-state index contributed by atoms with van der Waals surface area (Å²) >= 11 is 0. The Labute approximate surface area is 163 Å². The molecule has 6 nitrogen and oxygen atoms in total. The zero-order valence-corrected chi connectivity index (χ0v) is 16.3. The van der Waals surface area contributed by atoms with Gasteiger partial charge in [-0.05, 0) is 49.1 Å². The molecule has 0 aliphatic heterocycles. The van der Waals surface area contributed by atoms with Gasteiger partial charge in [-0.1, -0.05) is 37.3 Å². The molecular weight excluding hydrogens is 350 g/mol. The van der Waals surface area contributed by atoms with E-state index in [-0.39, 0.29) is 5.56 Å². The summed E-state index contributed by atoms with van der Waals surface area (Å²) in [7, 11) is 0. The van der Waals surface area contributed by atoms with E-state index < -0.39 is 0 Å². The van der Waals surface area contributed by atoms with Gasteiger partial charge in [-0.3, -0.25) is 9.89 Å². The van der Waals surface area contributed by atoms with Gasteiger partial charge in [0.05, 0.1) is 12.2 Å². The zero-order chi connectivity index (χ0) is 19.7. The van der Waals surface area contributed by atoms with Crippen molar-refractivity contribution in [2.45, 2.75) is 33.7 Å². The third kappa shape index (κ3) is 3.41. The Morgan fingerprint density at radius 3 is 2.64 bits per heavy atom. The number of para-hydroxylation sites is 1. The molecule has 0 bridgehead atoms. The minimum Gasteiger partial charge on any atom is -0.379 e. The van der Waals surface area contributed by atoms with E-state index in [0.29, 0.717) is 23.8 Å². The molecule has 6 heteroatoms. The van der Waals surface area contributed by atoms with Crippen LogP contribution in [0.3, 0.4) is 0 Å². The van der Waals surface area contributed by atoms with Crippen LogP contribution < -0.4 is 10.9 Å². The van der Waals surface area contributed by atoms with Crippen LogP contribution in [-0.2, 0) is 13.0 Å². The molecule has 0 spiro atoms. The quantitative estimate of drug-likeness (QED) is 0.557. The fourth-order valence-corrected chi connectivity index (χ4v) is 3.22. The standard InChI is InChI=1S/C22H23N5O/c1-4-16-7-5-6-8-19(16)23-13-18-12-20(28)27-22(24-18)25-21(26-27)17-10-9-14(2)15(3)11-17/h5-12,23H,4,13H2,1-3H3,(H,24,25,26). The number of benzene rings is 2. The number of rotatable bonds is 5. The smallest absolute Gasteiger partial charge is 0.274 e. The van der Waals surface area contributed by atoms with Crippen LogP contribution in [0.4, 0.5) is 5.69 Å². The summed E-state index contributed by atoms with van der Waals surface area (Å²) in [5, 5.41) is 6.43. The van der Waals surface area contributed by atoms with E-state index in [4.69, 9.17) is 0 Å². The maximum absolute atomic E-state index is 12.5. The highest BCUT2D eigenvalue weighted by Crippen LogP contribution is 2.19. The lowest BCUT2D eigenvalue weighted by molar-refractivity contribution is 0.878. The molecule has 0 radical (unpaired) electrons. The minimum atomic E-state index is -0.173. The monoisotopic (exact) mass is 373 g/mol. The molecule has 2 N–H and O–H groups in total. The van der Waals surface area contributed by atoms with Crippen LogP contribution in [0.25, 0.3) is 17.2 Å². The number of aryl methyl sites for hydroxylation is 3. The number of hydrogen-bond donors (Lipinski definition) is 2. The molecule has 0 aliphatic rings. The molecule has 0 aliphatic carbocycles. The van der Waals surface area contributed by atoms with Crippen LogP contribution in [0.5, 0.6) is 0 Å². The Hall–Kier alpha value is -3.41. The van der Waals surface area contributed by atoms with Gasteiger partial charge in [0.15, 0.2) is 5.82 Å². The molecular formula is C22H23N5O. The Morgan fingerprint density at radius 1 is 1.04 bits per heavy atom. The average Bonchev–Trinajstić information content (AvgIpc) is 3.13. The second-order valence-corrected chi connectivity index (χ2v) is 6.96. The van der Waals surface area contributed by atoms with Crippen LogP contribution >= 0.6 is 0 Å². The summed E-state index contributed by atoms with van der Waals surface area (Å²) in [5.74, 6) is 1.01. The van der Waals surface area contributed by atoms with E-state index in [2.05, 4.69) is 59.4 Å². The number of nitrogens with zero attached hydrogens (tertiary/aromatic N) is 3. The molecule has 4 aromatic rings. The molecule has 0 amide bonds. The normalized spacial score (nSPS) is 11.1. The highest BCUT2D eigenvalue weighted by Gasteiger charge is 2.10. The van der Waals surface area contributed by atoms with Crippen LogP contribution in [-0.4, -0.2) is 19.6 Å². The van der Waals surface area contributed by atoms with Crippen molar-refractivity contribution in [2.24, 2.45) is 0 Å². The van der Waals surface area contributed by atoms with E-state index in [1.54, 1.807) is 0 Å². The fraction of sp³-hybridized carbons (Fsp3) is 0.227.